The second kappa shape index (κ2) is 5.90. The van der Waals surface area contributed by atoms with Crippen molar-refractivity contribution in [3.8, 4) is 0 Å². The van der Waals surface area contributed by atoms with Gasteiger partial charge in [0.2, 0.25) is 0 Å². The van der Waals surface area contributed by atoms with Crippen molar-refractivity contribution in [3.63, 3.8) is 0 Å². The van der Waals surface area contributed by atoms with Crippen LogP contribution in [0.15, 0.2) is 42.5 Å². The molecule has 28 heavy (non-hydrogen) atoms. The van der Waals surface area contributed by atoms with Crippen molar-refractivity contribution >= 4 is 17.5 Å². The summed E-state index contributed by atoms with van der Waals surface area (Å²) in [6, 6.07) is 15.3. The summed E-state index contributed by atoms with van der Waals surface area (Å²) in [5, 5.41) is 3.93. The summed E-state index contributed by atoms with van der Waals surface area (Å²) in [5.74, 6) is 0. The first kappa shape index (κ1) is 17.4. The minimum atomic E-state index is -0.374. The number of aryl methyl sites for hydroxylation is 1. The van der Waals surface area contributed by atoms with Gasteiger partial charge in [0.05, 0.1) is 13.2 Å². The summed E-state index contributed by atoms with van der Waals surface area (Å²) in [7, 11) is 2.16. The van der Waals surface area contributed by atoms with Gasteiger partial charge < -0.3 is 19.9 Å². The molecule has 3 aliphatic rings. The third kappa shape index (κ3) is 2.05. The molecule has 0 saturated carbocycles. The lowest BCUT2D eigenvalue weighted by Crippen LogP contribution is -2.73. The van der Waals surface area contributed by atoms with Crippen molar-refractivity contribution in [2.45, 2.75) is 37.8 Å². The molecule has 2 aromatic carbocycles. The molecule has 2 atom stereocenters. The van der Waals surface area contributed by atoms with Crippen LogP contribution in [0.3, 0.4) is 0 Å². The molecule has 0 aromatic heterocycles. The molecular formula is C23H27N3O2. The highest BCUT2D eigenvalue weighted by Crippen LogP contribution is 2.59. The lowest BCUT2D eigenvalue weighted by Gasteiger charge is -2.58. The Balaban J connectivity index is 1.69. The van der Waals surface area contributed by atoms with Gasteiger partial charge in [0.1, 0.15) is 5.66 Å². The van der Waals surface area contributed by atoms with Gasteiger partial charge in [0.25, 0.3) is 0 Å². The fourth-order valence-electron chi connectivity index (χ4n) is 5.73. The molecule has 0 aliphatic carbocycles. The number of amides is 1. The predicted octanol–water partition coefficient (Wildman–Crippen LogP) is 3.91. The Morgan fingerprint density at radius 2 is 2.04 bits per heavy atom. The number of benzene rings is 2. The Bertz CT molecular complexity index is 959. The van der Waals surface area contributed by atoms with E-state index < -0.39 is 0 Å². The second-order valence-corrected chi connectivity index (χ2v) is 8.30. The molecule has 5 nitrogen and oxygen atoms in total. The van der Waals surface area contributed by atoms with E-state index in [4.69, 9.17) is 4.74 Å². The maximum absolute atomic E-state index is 12.6. The van der Waals surface area contributed by atoms with E-state index >= 15 is 0 Å². The number of fused-ring (bicyclic) bond motifs is 2. The monoisotopic (exact) mass is 377 g/mol. The molecule has 1 amide bonds. The third-order valence-corrected chi connectivity index (χ3v) is 7.08. The van der Waals surface area contributed by atoms with Crippen molar-refractivity contribution in [3.05, 3.63) is 59.2 Å². The first-order chi connectivity index (χ1) is 13.5. The number of hydrogen-bond acceptors (Lipinski definition) is 4. The molecule has 5 heteroatoms. The van der Waals surface area contributed by atoms with Gasteiger partial charge in [-0.25, -0.2) is 4.79 Å². The Morgan fingerprint density at radius 1 is 1.21 bits per heavy atom. The summed E-state index contributed by atoms with van der Waals surface area (Å²) in [6.07, 6.45) is 1.68. The number of carbonyl (C=O) groups is 1. The van der Waals surface area contributed by atoms with Gasteiger partial charge in [-0.2, -0.15) is 0 Å². The Morgan fingerprint density at radius 3 is 2.86 bits per heavy atom. The molecule has 146 valence electrons. The smallest absolute Gasteiger partial charge is 0.409 e. The summed E-state index contributed by atoms with van der Waals surface area (Å²) in [6.45, 7) is 5.74. The topological polar surface area (TPSA) is 44.8 Å². The van der Waals surface area contributed by atoms with Gasteiger partial charge in [-0.1, -0.05) is 36.4 Å². The molecule has 1 N–H and O–H groups in total. The highest BCUT2D eigenvalue weighted by Gasteiger charge is 2.65. The van der Waals surface area contributed by atoms with Crippen molar-refractivity contribution in [2.75, 3.05) is 37.0 Å². The largest absolute Gasteiger partial charge is 0.450 e. The number of para-hydroxylation sites is 2. The summed E-state index contributed by atoms with van der Waals surface area (Å²) in [4.78, 5) is 16.8. The number of nitrogens with one attached hydrogen (secondary N) is 1. The molecule has 3 aliphatic heterocycles. The SMILES string of the molecule is CCOC(=O)N1CC[C@@]23Cc4cccc(C)c4N[C@]2(C1)N(C)c1ccccc13. The van der Waals surface area contributed by atoms with E-state index in [1.54, 1.807) is 0 Å². The Labute approximate surface area is 166 Å². The minimum Gasteiger partial charge on any atom is -0.450 e. The van der Waals surface area contributed by atoms with Gasteiger partial charge in [-0.15, -0.1) is 0 Å². The van der Waals surface area contributed by atoms with Crippen LogP contribution < -0.4 is 10.2 Å². The molecule has 2 aromatic rings. The van der Waals surface area contributed by atoms with Gasteiger partial charge >= 0.3 is 6.09 Å². The van der Waals surface area contributed by atoms with E-state index in [-0.39, 0.29) is 17.2 Å². The number of anilines is 2. The van der Waals surface area contributed by atoms with Crippen LogP contribution in [-0.2, 0) is 16.6 Å². The molecule has 5 rings (SSSR count). The molecule has 3 heterocycles. The molecule has 0 unspecified atom stereocenters. The zero-order chi connectivity index (χ0) is 19.5. The highest BCUT2D eigenvalue weighted by molar-refractivity contribution is 5.77. The van der Waals surface area contributed by atoms with Gasteiger partial charge in [-0.05, 0) is 49.4 Å². The molecule has 1 fully saturated rings. The fraction of sp³-hybridized carbons (Fsp3) is 0.435. The number of nitrogens with zero attached hydrogens (tertiary/aromatic N) is 2. The van der Waals surface area contributed by atoms with Crippen LogP contribution >= 0.6 is 0 Å². The fourth-order valence-corrected chi connectivity index (χ4v) is 5.73. The summed E-state index contributed by atoms with van der Waals surface area (Å²) in [5.41, 5.74) is 6.03. The quantitative estimate of drug-likeness (QED) is 0.818. The maximum Gasteiger partial charge on any atom is 0.409 e. The maximum atomic E-state index is 12.6. The number of ether oxygens (including phenoxy) is 1. The van der Waals surface area contributed by atoms with E-state index in [2.05, 4.69) is 66.7 Å². The lowest BCUT2D eigenvalue weighted by atomic mass is 9.62. The van der Waals surface area contributed by atoms with Crippen LogP contribution in [0.5, 0.6) is 0 Å². The van der Waals surface area contributed by atoms with E-state index in [1.807, 2.05) is 11.8 Å². The molecule has 0 bridgehead atoms. The van der Waals surface area contributed by atoms with Crippen LogP contribution in [0.1, 0.15) is 30.0 Å². The number of likely N-dealkylation sites (tertiary alicyclic amines) is 1. The average Bonchev–Trinajstić information content (AvgIpc) is 2.93. The van der Waals surface area contributed by atoms with Gasteiger partial charge in [-0.3, -0.25) is 0 Å². The van der Waals surface area contributed by atoms with Crippen LogP contribution in [0.2, 0.25) is 0 Å². The molecular weight excluding hydrogens is 350 g/mol. The standard InChI is InChI=1S/C23H27N3O2/c1-4-28-21(27)26-13-12-22-14-17-9-7-8-16(2)20(17)24-23(22,15-26)25(3)19-11-6-5-10-18(19)22/h5-11,24H,4,12-15H2,1-3H3/t22-,23+/m0/s1. The summed E-state index contributed by atoms with van der Waals surface area (Å²) >= 11 is 0. The predicted molar refractivity (Wildman–Crippen MR) is 111 cm³/mol. The highest BCUT2D eigenvalue weighted by atomic mass is 16.6. The number of piperidine rings is 1. The number of carbonyl (C=O) groups excluding carboxylic acids is 1. The third-order valence-electron chi connectivity index (χ3n) is 7.08. The van der Waals surface area contributed by atoms with Crippen LogP contribution in [0.4, 0.5) is 16.2 Å². The van der Waals surface area contributed by atoms with E-state index in [9.17, 15) is 4.79 Å². The van der Waals surface area contributed by atoms with Crippen LogP contribution in [0.25, 0.3) is 0 Å². The van der Waals surface area contributed by atoms with Crippen molar-refractivity contribution in [1.82, 2.24) is 4.90 Å². The molecule has 0 radical (unpaired) electrons. The zero-order valence-electron chi connectivity index (χ0n) is 16.8. The lowest BCUT2D eigenvalue weighted by molar-refractivity contribution is 0.0564. The van der Waals surface area contributed by atoms with E-state index in [0.29, 0.717) is 19.7 Å². The zero-order valence-corrected chi connectivity index (χ0v) is 16.8. The Hall–Kier alpha value is -2.69. The van der Waals surface area contributed by atoms with E-state index in [0.717, 1.165) is 12.8 Å². The molecule has 0 spiro atoms. The number of likely N-dealkylation sites (N-methyl/N-ethyl adjacent to an activating group) is 1. The number of hydrogen-bond donors (Lipinski definition) is 1. The van der Waals surface area contributed by atoms with Gasteiger partial charge in [0, 0.05) is 30.4 Å². The minimum absolute atomic E-state index is 0.0673. The normalized spacial score (nSPS) is 27.2. The van der Waals surface area contributed by atoms with E-state index in [1.165, 1.54) is 28.1 Å². The summed E-state index contributed by atoms with van der Waals surface area (Å²) < 4.78 is 5.35. The van der Waals surface area contributed by atoms with Crippen molar-refractivity contribution < 1.29 is 9.53 Å². The van der Waals surface area contributed by atoms with Gasteiger partial charge in [0.15, 0.2) is 0 Å². The van der Waals surface area contributed by atoms with Crippen molar-refractivity contribution in [1.29, 1.82) is 0 Å². The van der Waals surface area contributed by atoms with Crippen LogP contribution in [-0.4, -0.2) is 43.4 Å². The first-order valence-electron chi connectivity index (χ1n) is 10.1. The van der Waals surface area contributed by atoms with Crippen molar-refractivity contribution in [2.24, 2.45) is 0 Å². The molecule has 1 saturated heterocycles. The second-order valence-electron chi connectivity index (χ2n) is 8.30. The first-order valence-corrected chi connectivity index (χ1v) is 10.1. The average molecular weight is 377 g/mol. The van der Waals surface area contributed by atoms with Crippen LogP contribution in [0, 0.1) is 6.92 Å². The number of rotatable bonds is 1. The Kier molecular flexibility index (Phi) is 3.67.